The van der Waals surface area contributed by atoms with Gasteiger partial charge in [-0.05, 0) is 75.1 Å². The van der Waals surface area contributed by atoms with Gasteiger partial charge in [-0.3, -0.25) is 4.79 Å². The zero-order chi connectivity index (χ0) is 19.6. The molecule has 5 nitrogen and oxygen atoms in total. The fraction of sp³-hybridized carbons (Fsp3) is 0.429. The Morgan fingerprint density at radius 3 is 2.71 bits per heavy atom. The van der Waals surface area contributed by atoms with Crippen molar-refractivity contribution in [3.63, 3.8) is 0 Å². The molecule has 0 spiro atoms. The van der Waals surface area contributed by atoms with E-state index in [1.807, 2.05) is 19.1 Å². The topological polar surface area (TPSA) is 64.1 Å². The number of aryl methyl sites for hydroxylation is 1. The first-order valence-electron chi connectivity index (χ1n) is 9.68. The molecule has 0 aliphatic heterocycles. The van der Waals surface area contributed by atoms with Gasteiger partial charge in [-0.1, -0.05) is 23.1 Å². The molecule has 6 rings (SSSR count). The van der Waals surface area contributed by atoms with Crippen molar-refractivity contribution < 1.29 is 9.53 Å². The van der Waals surface area contributed by atoms with Crippen molar-refractivity contribution >= 4 is 40.0 Å². The number of hydrogen-bond acceptors (Lipinski definition) is 4. The minimum absolute atomic E-state index is 0.0230. The number of H-pyrrole nitrogens is 1. The number of ether oxygens (including phenoxy) is 1. The Bertz CT molecular complexity index is 1150. The van der Waals surface area contributed by atoms with Crippen LogP contribution in [0.5, 0.6) is 0 Å². The lowest BCUT2D eigenvalue weighted by atomic mass is 9.71. The van der Waals surface area contributed by atoms with Gasteiger partial charge in [0.25, 0.3) is 5.56 Å². The Kier molecular flexibility index (Phi) is 4.18. The number of nitrogens with zero attached hydrogens (tertiary/aromatic N) is 1. The van der Waals surface area contributed by atoms with Gasteiger partial charge < -0.3 is 9.72 Å². The van der Waals surface area contributed by atoms with Crippen LogP contribution in [0.25, 0.3) is 10.9 Å². The molecule has 0 radical (unpaired) electrons. The summed E-state index contributed by atoms with van der Waals surface area (Å²) in [5.74, 6) is 0.426. The summed E-state index contributed by atoms with van der Waals surface area (Å²) in [5.41, 5.74) is 3.03. The average molecular weight is 417 g/mol. The van der Waals surface area contributed by atoms with Crippen LogP contribution in [0.3, 0.4) is 0 Å². The molecular formula is C21H21ClN2O3S. The van der Waals surface area contributed by atoms with Gasteiger partial charge in [-0.25, -0.2) is 8.75 Å². The number of carbonyl (C=O) groups excluding carboxylic acids is 1. The highest BCUT2D eigenvalue weighted by Gasteiger charge is 2.38. The Morgan fingerprint density at radius 2 is 2.00 bits per heavy atom. The van der Waals surface area contributed by atoms with Gasteiger partial charge in [0, 0.05) is 26.4 Å². The summed E-state index contributed by atoms with van der Waals surface area (Å²) in [7, 11) is 0. The Balaban J connectivity index is 1.44. The van der Waals surface area contributed by atoms with Crippen molar-refractivity contribution in [2.24, 2.45) is 0 Å². The molecular weight excluding hydrogens is 396 g/mol. The second-order valence-corrected chi connectivity index (χ2v) is 9.32. The lowest BCUT2D eigenvalue weighted by molar-refractivity contribution is 0.0173. The van der Waals surface area contributed by atoms with Crippen LogP contribution in [0.4, 0.5) is 0 Å². The Hall–Kier alpha value is -2.05. The third-order valence-electron chi connectivity index (χ3n) is 6.23. The predicted octanol–water partition coefficient (Wildman–Crippen LogP) is 5.48. The first kappa shape index (κ1) is 18.0. The summed E-state index contributed by atoms with van der Waals surface area (Å²) in [5, 5.41) is 1.51. The summed E-state index contributed by atoms with van der Waals surface area (Å²) >= 11 is 7.55. The lowest BCUT2D eigenvalue weighted by Gasteiger charge is -2.34. The van der Waals surface area contributed by atoms with Crippen LogP contribution in [0.1, 0.15) is 77.2 Å². The highest BCUT2D eigenvalue weighted by molar-refractivity contribution is 7.06. The van der Waals surface area contributed by atoms with Gasteiger partial charge in [0.1, 0.15) is 5.69 Å². The van der Waals surface area contributed by atoms with Crippen molar-refractivity contribution in [2.45, 2.75) is 57.6 Å². The largest absolute Gasteiger partial charge is 0.436 e. The number of nitrogens with one attached hydrogen (secondary N) is 1. The monoisotopic (exact) mass is 416 g/mol. The van der Waals surface area contributed by atoms with Crippen molar-refractivity contribution in [3.05, 3.63) is 55.3 Å². The van der Waals surface area contributed by atoms with Crippen LogP contribution in [0.2, 0.25) is 5.02 Å². The molecule has 2 bridgehead atoms. The van der Waals surface area contributed by atoms with Crippen molar-refractivity contribution in [2.75, 3.05) is 0 Å². The lowest BCUT2D eigenvalue weighted by Crippen LogP contribution is -2.28. The number of carbonyl (C=O) groups is 1. The molecule has 7 heteroatoms. The van der Waals surface area contributed by atoms with Crippen LogP contribution in [-0.4, -0.2) is 14.9 Å². The fourth-order valence-corrected chi connectivity index (χ4v) is 6.23. The molecule has 1 saturated carbocycles. The van der Waals surface area contributed by atoms with E-state index in [0.717, 1.165) is 34.9 Å². The van der Waals surface area contributed by atoms with Crippen LogP contribution >= 0.6 is 23.1 Å². The SMILES string of the molecule is Cc1c(C(=O)OC(C)n2sc3c(c2=O)C2CCC3CC2)[nH]c2ccc(Cl)cc12. The van der Waals surface area contributed by atoms with Gasteiger partial charge in [-0.2, -0.15) is 0 Å². The fourth-order valence-electron chi connectivity index (χ4n) is 4.74. The molecule has 1 atom stereocenters. The van der Waals surface area contributed by atoms with E-state index < -0.39 is 12.2 Å². The molecule has 3 aromatic rings. The van der Waals surface area contributed by atoms with Crippen molar-refractivity contribution in [3.8, 4) is 0 Å². The number of esters is 1. The van der Waals surface area contributed by atoms with Crippen molar-refractivity contribution in [1.82, 2.24) is 8.94 Å². The number of aromatic nitrogens is 2. The summed E-state index contributed by atoms with van der Waals surface area (Å²) in [6.07, 6.45) is 3.92. The van der Waals surface area contributed by atoms with Crippen LogP contribution in [-0.2, 0) is 4.74 Å². The Morgan fingerprint density at radius 1 is 1.29 bits per heavy atom. The first-order chi connectivity index (χ1) is 13.4. The van der Waals surface area contributed by atoms with Gasteiger partial charge >= 0.3 is 5.97 Å². The van der Waals surface area contributed by atoms with E-state index in [1.54, 1.807) is 16.9 Å². The van der Waals surface area contributed by atoms with E-state index >= 15 is 0 Å². The molecule has 28 heavy (non-hydrogen) atoms. The molecule has 0 saturated heterocycles. The second-order valence-electron chi connectivity index (χ2n) is 7.87. The minimum atomic E-state index is -0.635. The molecule has 0 amide bonds. The molecule has 1 fully saturated rings. The number of halogens is 1. The van der Waals surface area contributed by atoms with Crippen LogP contribution in [0.15, 0.2) is 23.0 Å². The average Bonchev–Trinajstić information content (AvgIpc) is 3.22. The molecule has 3 aliphatic rings. The van der Waals surface area contributed by atoms with E-state index in [2.05, 4.69) is 4.98 Å². The molecule has 1 N–H and O–H groups in total. The number of rotatable bonds is 3. The summed E-state index contributed by atoms with van der Waals surface area (Å²) in [6, 6.07) is 5.45. The quantitative estimate of drug-likeness (QED) is 0.574. The molecule has 3 aliphatic carbocycles. The van der Waals surface area contributed by atoms with E-state index in [1.165, 1.54) is 29.3 Å². The normalized spacial score (nSPS) is 21.7. The maximum absolute atomic E-state index is 13.0. The van der Waals surface area contributed by atoms with Crippen LogP contribution in [0, 0.1) is 6.92 Å². The van der Waals surface area contributed by atoms with E-state index in [-0.39, 0.29) is 5.56 Å². The third-order valence-corrected chi connectivity index (χ3v) is 7.88. The van der Waals surface area contributed by atoms with Gasteiger partial charge in [0.2, 0.25) is 0 Å². The first-order valence-corrected chi connectivity index (χ1v) is 10.8. The zero-order valence-corrected chi connectivity index (χ0v) is 17.3. The maximum atomic E-state index is 13.0. The molecule has 2 aromatic heterocycles. The molecule has 2 heterocycles. The third kappa shape index (κ3) is 2.65. The number of aromatic amines is 1. The molecule has 1 unspecified atom stereocenters. The number of fused-ring (bicyclic) bond motifs is 3. The zero-order valence-electron chi connectivity index (χ0n) is 15.8. The Labute approximate surface area is 171 Å². The van der Waals surface area contributed by atoms with Gasteiger partial charge in [0.05, 0.1) is 0 Å². The smallest absolute Gasteiger partial charge is 0.357 e. The van der Waals surface area contributed by atoms with Crippen LogP contribution < -0.4 is 5.56 Å². The van der Waals surface area contributed by atoms with E-state index in [9.17, 15) is 9.59 Å². The summed E-state index contributed by atoms with van der Waals surface area (Å²) in [4.78, 5) is 30.1. The highest BCUT2D eigenvalue weighted by Crippen LogP contribution is 2.50. The van der Waals surface area contributed by atoms with Crippen molar-refractivity contribution in [1.29, 1.82) is 0 Å². The van der Waals surface area contributed by atoms with E-state index in [4.69, 9.17) is 16.3 Å². The number of benzene rings is 1. The minimum Gasteiger partial charge on any atom is -0.436 e. The predicted molar refractivity (Wildman–Crippen MR) is 111 cm³/mol. The maximum Gasteiger partial charge on any atom is 0.357 e. The van der Waals surface area contributed by atoms with Gasteiger partial charge in [0.15, 0.2) is 6.23 Å². The second kappa shape index (κ2) is 6.49. The standard InChI is InChI=1S/C21H21ClN2O3S/c1-10-15-9-14(22)7-8-16(15)23-18(10)21(26)27-11(2)24-20(25)17-12-3-5-13(6-4-12)19(17)28-24/h7-9,11-13,23H,3-6H2,1-2H3. The molecule has 1 aromatic carbocycles. The summed E-state index contributed by atoms with van der Waals surface area (Å²) < 4.78 is 7.32. The number of hydrogen-bond donors (Lipinski definition) is 1. The van der Waals surface area contributed by atoms with E-state index in [0.29, 0.717) is 22.6 Å². The highest BCUT2D eigenvalue weighted by atomic mass is 35.5. The summed E-state index contributed by atoms with van der Waals surface area (Å²) in [6.45, 7) is 3.63. The van der Waals surface area contributed by atoms with Gasteiger partial charge in [-0.15, -0.1) is 0 Å². The molecule has 146 valence electrons.